The predicted molar refractivity (Wildman–Crippen MR) is 63.4 cm³/mol. The molecule has 4 atom stereocenters. The van der Waals surface area contributed by atoms with Crippen molar-refractivity contribution in [2.75, 3.05) is 0 Å². The molecule has 0 aromatic rings. The van der Waals surface area contributed by atoms with E-state index in [9.17, 15) is 25.5 Å². The second-order valence-electron chi connectivity index (χ2n) is 4.89. The van der Waals surface area contributed by atoms with Crippen molar-refractivity contribution in [1.29, 1.82) is 0 Å². The number of aliphatic hydroxyl groups is 5. The number of hydrogen-bond donors (Lipinski definition) is 5. The Bertz CT molecular complexity index is 391. The minimum Gasteiger partial charge on any atom is -0.506 e. The van der Waals surface area contributed by atoms with Crippen LogP contribution in [0, 0.1) is 0 Å². The monoisotopic (exact) mass is 260 g/mol. The van der Waals surface area contributed by atoms with Gasteiger partial charge in [0.25, 0.3) is 5.79 Å². The minimum atomic E-state index is -2.45. The maximum Gasteiger partial charge on any atom is 0.295 e. The highest BCUT2D eigenvalue weighted by molar-refractivity contribution is 5.23. The quantitative estimate of drug-likeness (QED) is 0.422. The van der Waals surface area contributed by atoms with Crippen molar-refractivity contribution >= 4 is 0 Å². The second-order valence-corrected chi connectivity index (χ2v) is 4.89. The van der Waals surface area contributed by atoms with E-state index in [0.717, 1.165) is 0 Å². The van der Waals surface area contributed by atoms with Crippen molar-refractivity contribution in [3.05, 3.63) is 22.7 Å². The molecular weight excluding hydrogens is 240 g/mol. The number of ether oxygens (including phenoxy) is 1. The third-order valence-electron chi connectivity index (χ3n) is 2.89. The van der Waals surface area contributed by atoms with Gasteiger partial charge in [0.05, 0.1) is 0 Å². The predicted octanol–water partition coefficient (Wildman–Crippen LogP) is -0.0663. The van der Waals surface area contributed by atoms with E-state index in [0.29, 0.717) is 11.1 Å². The molecule has 0 spiro atoms. The fourth-order valence-corrected chi connectivity index (χ4v) is 1.79. The lowest BCUT2D eigenvalue weighted by Crippen LogP contribution is -2.61. The molecule has 1 fully saturated rings. The largest absolute Gasteiger partial charge is 0.506 e. The summed E-state index contributed by atoms with van der Waals surface area (Å²) in [4.78, 5) is 0. The summed E-state index contributed by atoms with van der Waals surface area (Å²) in [6.45, 7) is 6.26. The SMILES string of the molecule is CC(C)=C1OC(O)(C(O)=C(C)C)[C@@H](O)[C@H](O)[C@@H]1O. The first-order valence-corrected chi connectivity index (χ1v) is 5.62. The van der Waals surface area contributed by atoms with Crippen molar-refractivity contribution in [3.63, 3.8) is 0 Å². The van der Waals surface area contributed by atoms with Crippen LogP contribution < -0.4 is 0 Å². The average molecular weight is 260 g/mol. The van der Waals surface area contributed by atoms with Crippen LogP contribution in [0.3, 0.4) is 0 Å². The Morgan fingerprint density at radius 1 is 1.11 bits per heavy atom. The van der Waals surface area contributed by atoms with E-state index in [1.54, 1.807) is 13.8 Å². The Kier molecular flexibility index (Phi) is 4.07. The standard InChI is InChI=1S/C12H20O6/c1-5(2)9-7(13)8(14)11(16)12(17,18-9)10(15)6(3)4/h7-8,11,13-17H,1-4H3/t7-,8+,11-,12?/m0/s1. The highest BCUT2D eigenvalue weighted by atomic mass is 16.7. The van der Waals surface area contributed by atoms with E-state index in [2.05, 4.69) is 0 Å². The van der Waals surface area contributed by atoms with Crippen LogP contribution in [0.5, 0.6) is 0 Å². The van der Waals surface area contributed by atoms with Crippen molar-refractivity contribution < 1.29 is 30.3 Å². The zero-order chi connectivity index (χ0) is 14.2. The van der Waals surface area contributed by atoms with Gasteiger partial charge in [0.15, 0.2) is 11.9 Å². The van der Waals surface area contributed by atoms with Gasteiger partial charge in [0.1, 0.15) is 18.0 Å². The Labute approximate surface area is 105 Å². The van der Waals surface area contributed by atoms with E-state index in [4.69, 9.17) is 4.74 Å². The van der Waals surface area contributed by atoms with E-state index in [-0.39, 0.29) is 5.76 Å². The number of hydrogen-bond acceptors (Lipinski definition) is 6. The van der Waals surface area contributed by atoms with E-state index in [1.165, 1.54) is 13.8 Å². The zero-order valence-electron chi connectivity index (χ0n) is 10.9. The zero-order valence-corrected chi connectivity index (χ0v) is 10.9. The molecule has 104 valence electrons. The third kappa shape index (κ3) is 2.24. The Hall–Kier alpha value is -1.08. The average Bonchev–Trinajstić information content (AvgIpc) is 2.29. The molecule has 0 saturated carbocycles. The van der Waals surface area contributed by atoms with Crippen LogP contribution in [0.4, 0.5) is 0 Å². The van der Waals surface area contributed by atoms with E-state index < -0.39 is 29.9 Å². The molecule has 1 rings (SSSR count). The summed E-state index contributed by atoms with van der Waals surface area (Å²) in [7, 11) is 0. The van der Waals surface area contributed by atoms with Gasteiger partial charge in [-0.2, -0.15) is 0 Å². The first kappa shape index (κ1) is 15.0. The fourth-order valence-electron chi connectivity index (χ4n) is 1.79. The van der Waals surface area contributed by atoms with Crippen molar-refractivity contribution in [3.8, 4) is 0 Å². The number of rotatable bonds is 1. The molecule has 0 aliphatic carbocycles. The smallest absolute Gasteiger partial charge is 0.295 e. The van der Waals surface area contributed by atoms with Crippen LogP contribution >= 0.6 is 0 Å². The summed E-state index contributed by atoms with van der Waals surface area (Å²) >= 11 is 0. The molecule has 1 heterocycles. The molecule has 0 amide bonds. The molecule has 6 heteroatoms. The molecule has 1 aliphatic heterocycles. The van der Waals surface area contributed by atoms with Crippen molar-refractivity contribution in [2.45, 2.75) is 51.8 Å². The van der Waals surface area contributed by atoms with Gasteiger partial charge in [0.2, 0.25) is 0 Å². The molecule has 1 saturated heterocycles. The van der Waals surface area contributed by atoms with Crippen molar-refractivity contribution in [2.24, 2.45) is 0 Å². The number of aliphatic hydroxyl groups excluding tert-OH is 4. The molecule has 1 unspecified atom stereocenters. The summed E-state index contributed by atoms with van der Waals surface area (Å²) < 4.78 is 5.12. The Morgan fingerprint density at radius 3 is 2.00 bits per heavy atom. The first-order valence-electron chi connectivity index (χ1n) is 5.62. The summed E-state index contributed by atoms with van der Waals surface area (Å²) in [5, 5.41) is 49.3. The summed E-state index contributed by atoms with van der Waals surface area (Å²) in [6, 6.07) is 0. The molecule has 5 N–H and O–H groups in total. The summed E-state index contributed by atoms with van der Waals surface area (Å²) in [5.74, 6) is -3.10. The normalized spacial score (nSPS) is 36.0. The van der Waals surface area contributed by atoms with Gasteiger partial charge in [-0.1, -0.05) is 0 Å². The van der Waals surface area contributed by atoms with E-state index >= 15 is 0 Å². The van der Waals surface area contributed by atoms with Crippen LogP contribution in [0.25, 0.3) is 0 Å². The summed E-state index contributed by atoms with van der Waals surface area (Å²) in [6.07, 6.45) is -4.96. The number of allylic oxidation sites excluding steroid dienone is 2. The van der Waals surface area contributed by atoms with Crippen LogP contribution in [0.1, 0.15) is 27.7 Å². The lowest BCUT2D eigenvalue weighted by molar-refractivity contribution is -0.289. The molecule has 6 nitrogen and oxygen atoms in total. The Balaban J connectivity index is 3.31. The molecule has 0 radical (unpaired) electrons. The molecule has 18 heavy (non-hydrogen) atoms. The lowest BCUT2D eigenvalue weighted by Gasteiger charge is -2.43. The van der Waals surface area contributed by atoms with Gasteiger partial charge >= 0.3 is 0 Å². The van der Waals surface area contributed by atoms with Crippen molar-refractivity contribution in [1.82, 2.24) is 0 Å². The maximum atomic E-state index is 10.2. The molecular formula is C12H20O6. The lowest BCUT2D eigenvalue weighted by atomic mass is 9.91. The third-order valence-corrected chi connectivity index (χ3v) is 2.89. The second kappa shape index (κ2) is 4.89. The Morgan fingerprint density at radius 2 is 1.61 bits per heavy atom. The fraction of sp³-hybridized carbons (Fsp3) is 0.667. The topological polar surface area (TPSA) is 110 Å². The van der Waals surface area contributed by atoms with E-state index in [1.807, 2.05) is 0 Å². The molecule has 0 aromatic heterocycles. The van der Waals surface area contributed by atoms with Crippen LogP contribution in [-0.4, -0.2) is 49.6 Å². The molecule has 1 aliphatic rings. The first-order chi connectivity index (χ1) is 8.12. The highest BCUT2D eigenvalue weighted by Crippen LogP contribution is 2.36. The van der Waals surface area contributed by atoms with Crippen LogP contribution in [0.2, 0.25) is 0 Å². The van der Waals surface area contributed by atoms with Gasteiger partial charge < -0.3 is 30.3 Å². The van der Waals surface area contributed by atoms with Gasteiger partial charge in [-0.15, -0.1) is 0 Å². The van der Waals surface area contributed by atoms with Gasteiger partial charge in [-0.3, -0.25) is 0 Å². The van der Waals surface area contributed by atoms with Gasteiger partial charge in [0, 0.05) is 0 Å². The maximum absolute atomic E-state index is 10.2. The molecule has 0 aromatic carbocycles. The van der Waals surface area contributed by atoms with Gasteiger partial charge in [-0.05, 0) is 38.8 Å². The highest BCUT2D eigenvalue weighted by Gasteiger charge is 2.54. The van der Waals surface area contributed by atoms with Crippen LogP contribution in [-0.2, 0) is 4.74 Å². The molecule has 0 bridgehead atoms. The van der Waals surface area contributed by atoms with Crippen LogP contribution in [0.15, 0.2) is 22.7 Å². The summed E-state index contributed by atoms with van der Waals surface area (Å²) in [5.41, 5.74) is 0.849. The van der Waals surface area contributed by atoms with Gasteiger partial charge in [-0.25, -0.2) is 0 Å². The minimum absolute atomic E-state index is 0.0666.